The summed E-state index contributed by atoms with van der Waals surface area (Å²) in [5.41, 5.74) is 3.74. The summed E-state index contributed by atoms with van der Waals surface area (Å²) in [6, 6.07) is 16.3. The number of aryl methyl sites for hydroxylation is 2. The molecule has 0 saturated carbocycles. The number of carboxylic acid groups (broad SMARTS) is 1. The minimum atomic E-state index is -4.09. The number of rotatable bonds is 8. The average molecular weight is 527 g/mol. The number of anilines is 1. The van der Waals surface area contributed by atoms with Crippen LogP contribution in [0.5, 0.6) is 0 Å². The molecule has 1 aliphatic carbocycles. The first kappa shape index (κ1) is 25.7. The van der Waals surface area contributed by atoms with Gasteiger partial charge in [0.25, 0.3) is 10.0 Å². The van der Waals surface area contributed by atoms with Crippen molar-refractivity contribution in [2.75, 3.05) is 10.8 Å². The maximum atomic E-state index is 13.8. The third kappa shape index (κ3) is 5.55. The van der Waals surface area contributed by atoms with Gasteiger partial charge in [-0.3, -0.25) is 9.10 Å². The minimum absolute atomic E-state index is 0.0568. The molecule has 2 N–H and O–H groups in total. The highest BCUT2D eigenvalue weighted by Gasteiger charge is 2.29. The zero-order valence-corrected chi connectivity index (χ0v) is 21.4. The van der Waals surface area contributed by atoms with Crippen LogP contribution in [-0.2, 0) is 34.2 Å². The van der Waals surface area contributed by atoms with E-state index in [4.69, 9.17) is 11.6 Å². The molecule has 0 radical (unpaired) electrons. The summed E-state index contributed by atoms with van der Waals surface area (Å²) in [7, 11) is -4.09. The standard InChI is InChI=1S/C27H27ClN2O5S/c1-18-24(28)10-5-11-25(18)30(17-26(31)29-16-19-6-4-9-22(14-19)27(32)33)36(34,35)23-13-12-20-7-2-3-8-21(20)15-23/h4-6,9-15H,2-3,7-8,16-17H2,1H3,(H,29,31)(H,32,33). The van der Waals surface area contributed by atoms with Gasteiger partial charge in [-0.1, -0.05) is 35.9 Å². The Bertz CT molecular complexity index is 1420. The van der Waals surface area contributed by atoms with Crippen LogP contribution in [0.3, 0.4) is 0 Å². The van der Waals surface area contributed by atoms with Crippen LogP contribution in [0.15, 0.2) is 65.6 Å². The number of carboxylic acids is 1. The van der Waals surface area contributed by atoms with Crippen molar-refractivity contribution in [2.24, 2.45) is 0 Å². The number of nitrogens with zero attached hydrogens (tertiary/aromatic N) is 1. The Balaban J connectivity index is 1.63. The number of nitrogens with one attached hydrogen (secondary N) is 1. The molecular weight excluding hydrogens is 500 g/mol. The van der Waals surface area contributed by atoms with Gasteiger partial charge in [0.15, 0.2) is 0 Å². The van der Waals surface area contributed by atoms with E-state index in [1.54, 1.807) is 49.4 Å². The first-order chi connectivity index (χ1) is 17.2. The lowest BCUT2D eigenvalue weighted by atomic mass is 9.92. The number of hydrogen-bond acceptors (Lipinski definition) is 4. The second-order valence-corrected chi connectivity index (χ2v) is 11.1. The van der Waals surface area contributed by atoms with Crippen molar-refractivity contribution in [3.05, 3.63) is 93.5 Å². The highest BCUT2D eigenvalue weighted by Crippen LogP contribution is 2.32. The second-order valence-electron chi connectivity index (χ2n) is 8.82. The largest absolute Gasteiger partial charge is 0.478 e. The number of fused-ring (bicyclic) bond motifs is 1. The van der Waals surface area contributed by atoms with Gasteiger partial charge in [-0.15, -0.1) is 0 Å². The molecule has 36 heavy (non-hydrogen) atoms. The van der Waals surface area contributed by atoms with Gasteiger partial charge in [0.2, 0.25) is 5.91 Å². The summed E-state index contributed by atoms with van der Waals surface area (Å²) in [6.07, 6.45) is 3.85. The zero-order valence-electron chi connectivity index (χ0n) is 19.8. The first-order valence-corrected chi connectivity index (χ1v) is 13.5. The summed E-state index contributed by atoms with van der Waals surface area (Å²) < 4.78 is 28.8. The number of halogens is 1. The molecule has 1 aliphatic rings. The lowest BCUT2D eigenvalue weighted by molar-refractivity contribution is -0.119. The molecule has 4 rings (SSSR count). The Kier molecular flexibility index (Phi) is 7.66. The van der Waals surface area contributed by atoms with Gasteiger partial charge in [-0.05, 0) is 91.3 Å². The predicted molar refractivity (Wildman–Crippen MR) is 139 cm³/mol. The van der Waals surface area contributed by atoms with E-state index in [0.717, 1.165) is 41.1 Å². The van der Waals surface area contributed by atoms with Crippen molar-refractivity contribution in [2.45, 2.75) is 44.0 Å². The van der Waals surface area contributed by atoms with Gasteiger partial charge >= 0.3 is 5.97 Å². The molecule has 0 unspecified atom stereocenters. The van der Waals surface area contributed by atoms with E-state index in [-0.39, 0.29) is 17.0 Å². The molecule has 1 amide bonds. The Hall–Kier alpha value is -3.36. The summed E-state index contributed by atoms with van der Waals surface area (Å²) in [5.74, 6) is -1.60. The Morgan fingerprint density at radius 1 is 1.00 bits per heavy atom. The number of benzene rings is 3. The van der Waals surface area contributed by atoms with Crippen molar-refractivity contribution in [1.82, 2.24) is 5.32 Å². The molecule has 0 atom stereocenters. The summed E-state index contributed by atoms with van der Waals surface area (Å²) >= 11 is 6.30. The van der Waals surface area contributed by atoms with Crippen LogP contribution >= 0.6 is 11.6 Å². The molecule has 3 aromatic carbocycles. The second kappa shape index (κ2) is 10.7. The van der Waals surface area contributed by atoms with E-state index in [0.29, 0.717) is 21.8 Å². The van der Waals surface area contributed by atoms with E-state index in [1.807, 2.05) is 6.07 Å². The van der Waals surface area contributed by atoms with Crippen LogP contribution in [-0.4, -0.2) is 31.9 Å². The molecule has 0 heterocycles. The SMILES string of the molecule is Cc1c(Cl)cccc1N(CC(=O)NCc1cccc(C(=O)O)c1)S(=O)(=O)c1ccc2c(c1)CCCC2. The normalized spacial score (nSPS) is 13.1. The Labute approximate surface area is 215 Å². The average Bonchev–Trinajstić information content (AvgIpc) is 2.87. The summed E-state index contributed by atoms with van der Waals surface area (Å²) in [6.45, 7) is 1.31. The van der Waals surface area contributed by atoms with Crippen molar-refractivity contribution < 1.29 is 23.1 Å². The Morgan fingerprint density at radius 2 is 1.72 bits per heavy atom. The maximum Gasteiger partial charge on any atom is 0.335 e. The van der Waals surface area contributed by atoms with Crippen molar-refractivity contribution >= 4 is 39.2 Å². The van der Waals surface area contributed by atoms with E-state index < -0.39 is 28.4 Å². The number of hydrogen-bond donors (Lipinski definition) is 2. The lowest BCUT2D eigenvalue weighted by Gasteiger charge is -2.27. The van der Waals surface area contributed by atoms with Gasteiger partial charge in [0.1, 0.15) is 6.54 Å². The van der Waals surface area contributed by atoms with Crippen molar-refractivity contribution in [3.63, 3.8) is 0 Å². The molecule has 9 heteroatoms. The Morgan fingerprint density at radius 3 is 2.47 bits per heavy atom. The van der Waals surface area contributed by atoms with Crippen LogP contribution in [0, 0.1) is 6.92 Å². The van der Waals surface area contributed by atoms with E-state index in [2.05, 4.69) is 5.32 Å². The molecule has 0 bridgehead atoms. The molecule has 188 valence electrons. The van der Waals surface area contributed by atoms with Crippen LogP contribution in [0.4, 0.5) is 5.69 Å². The number of aromatic carboxylic acids is 1. The summed E-state index contributed by atoms with van der Waals surface area (Å²) in [5, 5.41) is 12.3. The third-order valence-electron chi connectivity index (χ3n) is 6.37. The van der Waals surface area contributed by atoms with Gasteiger partial charge in [0, 0.05) is 11.6 Å². The molecule has 3 aromatic rings. The number of carbonyl (C=O) groups excluding carboxylic acids is 1. The fourth-order valence-electron chi connectivity index (χ4n) is 4.36. The topological polar surface area (TPSA) is 104 Å². The maximum absolute atomic E-state index is 13.8. The number of sulfonamides is 1. The van der Waals surface area contributed by atoms with Crippen LogP contribution in [0.25, 0.3) is 0 Å². The molecule has 0 saturated heterocycles. The molecular formula is C27H27ClN2O5S. The fraction of sp³-hybridized carbons (Fsp3) is 0.259. The number of amides is 1. The quantitative estimate of drug-likeness (QED) is 0.441. The highest BCUT2D eigenvalue weighted by molar-refractivity contribution is 7.92. The smallest absolute Gasteiger partial charge is 0.335 e. The van der Waals surface area contributed by atoms with Gasteiger partial charge in [-0.2, -0.15) is 0 Å². The molecule has 0 fully saturated rings. The molecule has 7 nitrogen and oxygen atoms in total. The first-order valence-electron chi connectivity index (χ1n) is 11.7. The number of carbonyl (C=O) groups is 2. The van der Waals surface area contributed by atoms with Crippen LogP contribution in [0.2, 0.25) is 5.02 Å². The highest BCUT2D eigenvalue weighted by atomic mass is 35.5. The van der Waals surface area contributed by atoms with Gasteiger partial charge in [-0.25, -0.2) is 13.2 Å². The van der Waals surface area contributed by atoms with Gasteiger partial charge in [0.05, 0.1) is 16.1 Å². The minimum Gasteiger partial charge on any atom is -0.478 e. The molecule has 0 spiro atoms. The van der Waals surface area contributed by atoms with E-state index >= 15 is 0 Å². The molecule has 0 aromatic heterocycles. The van der Waals surface area contributed by atoms with Crippen molar-refractivity contribution in [1.29, 1.82) is 0 Å². The van der Waals surface area contributed by atoms with Crippen LogP contribution in [0.1, 0.15) is 45.5 Å². The van der Waals surface area contributed by atoms with E-state index in [9.17, 15) is 23.1 Å². The van der Waals surface area contributed by atoms with Gasteiger partial charge < -0.3 is 10.4 Å². The zero-order chi connectivity index (χ0) is 25.9. The summed E-state index contributed by atoms with van der Waals surface area (Å²) in [4.78, 5) is 24.3. The monoisotopic (exact) mass is 526 g/mol. The molecule has 0 aliphatic heterocycles. The van der Waals surface area contributed by atoms with Crippen molar-refractivity contribution in [3.8, 4) is 0 Å². The fourth-order valence-corrected chi connectivity index (χ4v) is 6.06. The third-order valence-corrected chi connectivity index (χ3v) is 8.53. The lowest BCUT2D eigenvalue weighted by Crippen LogP contribution is -2.41. The van der Waals surface area contributed by atoms with Crippen LogP contribution < -0.4 is 9.62 Å². The predicted octanol–water partition coefficient (Wildman–Crippen LogP) is 4.74. The van der Waals surface area contributed by atoms with E-state index in [1.165, 1.54) is 12.1 Å².